The normalized spacial score (nSPS) is 48.5. The van der Waals surface area contributed by atoms with E-state index in [0.29, 0.717) is 31.7 Å². The molecule has 1 unspecified atom stereocenters. The van der Waals surface area contributed by atoms with Gasteiger partial charge in [0.15, 0.2) is 0 Å². The average molecular weight is 644 g/mol. The van der Waals surface area contributed by atoms with Crippen LogP contribution in [0.4, 0.5) is 0 Å². The van der Waals surface area contributed by atoms with E-state index in [9.17, 15) is 24.9 Å². The molecular weight excluding hydrogens is 598 g/mol. The van der Waals surface area contributed by atoms with Gasteiger partial charge in [-0.05, 0) is 50.5 Å². The molecule has 13 heteroatoms. The molecule has 3 aliphatic carbocycles. The van der Waals surface area contributed by atoms with Crippen LogP contribution in [0.5, 0.6) is 0 Å². The number of esters is 2. The Morgan fingerprint density at radius 3 is 2.74 bits per heavy atom. The number of rotatable bonds is 7. The minimum Gasteiger partial charge on any atom is -0.459 e. The van der Waals surface area contributed by atoms with E-state index in [1.807, 2.05) is 0 Å². The lowest BCUT2D eigenvalue weighted by Gasteiger charge is -2.61. The molecule has 0 radical (unpaired) electrons. The molecule has 5 fully saturated rings. The van der Waals surface area contributed by atoms with Gasteiger partial charge in [0, 0.05) is 34.9 Å². The first kappa shape index (κ1) is 30.9. The van der Waals surface area contributed by atoms with Crippen LogP contribution in [0.2, 0.25) is 0 Å². The first-order valence-corrected chi connectivity index (χ1v) is 16.8. The first-order chi connectivity index (χ1) is 21.8. The van der Waals surface area contributed by atoms with E-state index in [1.165, 1.54) is 4.68 Å². The Kier molecular flexibility index (Phi) is 6.75. The lowest BCUT2D eigenvalue weighted by Crippen LogP contribution is -2.73. The molecular formula is C33H45N3O10. The minimum absolute atomic E-state index is 0.0155. The fraction of sp³-hybridized carbons (Fsp3) is 0.818. The summed E-state index contributed by atoms with van der Waals surface area (Å²) in [5.74, 6) is -0.00181. The van der Waals surface area contributed by atoms with E-state index in [1.54, 1.807) is 13.1 Å². The zero-order chi connectivity index (χ0) is 32.6. The molecule has 5 heterocycles. The van der Waals surface area contributed by atoms with Crippen LogP contribution in [0.3, 0.4) is 0 Å². The molecule has 3 N–H and O–H groups in total. The second-order valence-electron chi connectivity index (χ2n) is 15.5. The molecule has 3 saturated heterocycles. The molecule has 13 nitrogen and oxygen atoms in total. The van der Waals surface area contributed by atoms with E-state index in [4.69, 9.17) is 23.7 Å². The number of ether oxygens (including phenoxy) is 5. The van der Waals surface area contributed by atoms with Gasteiger partial charge in [0.2, 0.25) is 0 Å². The lowest BCUT2D eigenvalue weighted by atomic mass is 9.49. The topological polar surface area (TPSA) is 175 Å². The number of fused-ring (bicyclic) bond motifs is 4. The molecule has 4 aliphatic heterocycles. The second kappa shape index (κ2) is 10.1. The third-order valence-corrected chi connectivity index (χ3v) is 13.1. The molecule has 0 amide bonds. The van der Waals surface area contributed by atoms with Gasteiger partial charge in [0.1, 0.15) is 48.3 Å². The number of cyclic esters (lactones) is 1. The second-order valence-corrected chi connectivity index (χ2v) is 15.5. The zero-order valence-electron chi connectivity index (χ0n) is 27.0. The molecule has 2 saturated carbocycles. The predicted molar refractivity (Wildman–Crippen MR) is 157 cm³/mol. The fourth-order valence-electron chi connectivity index (χ4n) is 10.4. The van der Waals surface area contributed by atoms with Crippen LogP contribution in [-0.2, 0) is 46.2 Å². The third-order valence-electron chi connectivity index (χ3n) is 13.1. The van der Waals surface area contributed by atoms with Crippen LogP contribution in [0.25, 0.3) is 0 Å². The van der Waals surface area contributed by atoms with Crippen molar-refractivity contribution in [3.8, 4) is 0 Å². The minimum atomic E-state index is -1.32. The summed E-state index contributed by atoms with van der Waals surface area (Å²) in [5, 5.41) is 38.8. The fourth-order valence-corrected chi connectivity index (χ4v) is 10.4. The highest BCUT2D eigenvalue weighted by Crippen LogP contribution is 2.82. The van der Waals surface area contributed by atoms with E-state index in [0.717, 1.165) is 24.0 Å². The van der Waals surface area contributed by atoms with E-state index in [2.05, 4.69) is 38.0 Å². The first-order valence-electron chi connectivity index (χ1n) is 16.8. The number of carbonyl (C=O) groups is 2. The van der Waals surface area contributed by atoms with Crippen molar-refractivity contribution in [1.29, 1.82) is 0 Å². The quantitative estimate of drug-likeness (QED) is 0.283. The molecule has 8 rings (SSSR count). The van der Waals surface area contributed by atoms with Gasteiger partial charge in [-0.2, -0.15) is 0 Å². The van der Waals surface area contributed by atoms with Crippen molar-refractivity contribution >= 4 is 11.9 Å². The molecule has 46 heavy (non-hydrogen) atoms. The third kappa shape index (κ3) is 3.90. The van der Waals surface area contributed by atoms with Crippen LogP contribution < -0.4 is 0 Å². The maximum atomic E-state index is 13.6. The molecule has 252 valence electrons. The Balaban J connectivity index is 0.985. The van der Waals surface area contributed by atoms with Gasteiger partial charge < -0.3 is 39.0 Å². The van der Waals surface area contributed by atoms with Gasteiger partial charge in [0.25, 0.3) is 0 Å². The molecule has 13 atom stereocenters. The van der Waals surface area contributed by atoms with Crippen molar-refractivity contribution in [3.63, 3.8) is 0 Å². The van der Waals surface area contributed by atoms with E-state index < -0.39 is 47.8 Å². The Bertz CT molecular complexity index is 1500. The summed E-state index contributed by atoms with van der Waals surface area (Å²) in [6, 6.07) is 0. The van der Waals surface area contributed by atoms with Crippen molar-refractivity contribution in [2.45, 2.75) is 127 Å². The molecule has 1 aromatic heterocycles. The molecule has 1 spiro atoms. The Morgan fingerprint density at radius 2 is 1.98 bits per heavy atom. The van der Waals surface area contributed by atoms with Gasteiger partial charge in [0.05, 0.1) is 37.5 Å². The summed E-state index contributed by atoms with van der Waals surface area (Å²) >= 11 is 0. The van der Waals surface area contributed by atoms with Gasteiger partial charge >= 0.3 is 11.9 Å². The van der Waals surface area contributed by atoms with Crippen LogP contribution >= 0.6 is 0 Å². The molecule has 0 bridgehead atoms. The number of aliphatic hydroxyl groups is 3. The number of aliphatic hydroxyl groups excluding tert-OH is 3. The summed E-state index contributed by atoms with van der Waals surface area (Å²) < 4.78 is 32.8. The number of aryl methyl sites for hydroxylation is 1. The van der Waals surface area contributed by atoms with E-state index >= 15 is 0 Å². The highest BCUT2D eigenvalue weighted by Gasteiger charge is 2.93. The number of epoxide rings is 1. The van der Waals surface area contributed by atoms with Gasteiger partial charge in [-0.15, -0.1) is 5.10 Å². The largest absolute Gasteiger partial charge is 0.459 e. The summed E-state index contributed by atoms with van der Waals surface area (Å²) in [7, 11) is 0. The summed E-state index contributed by atoms with van der Waals surface area (Å²) in [6.07, 6.45) is -1.19. The summed E-state index contributed by atoms with van der Waals surface area (Å²) in [6.45, 7) is 11.2. The van der Waals surface area contributed by atoms with Crippen molar-refractivity contribution in [3.05, 3.63) is 23.0 Å². The highest BCUT2D eigenvalue weighted by atomic mass is 16.7. The highest BCUT2D eigenvalue weighted by molar-refractivity contribution is 5.92. The maximum Gasteiger partial charge on any atom is 0.334 e. The monoisotopic (exact) mass is 643 g/mol. The van der Waals surface area contributed by atoms with Gasteiger partial charge in [-0.3, -0.25) is 4.79 Å². The van der Waals surface area contributed by atoms with Crippen LogP contribution in [-0.4, -0.2) is 109 Å². The standard InChI is InChI=1S/C33H45N3O10/c1-15(2)32-10-20(32)27-33(46-27)30(4)9-8-18-19(13-42-28(18)41)21(30)14-43-31(33,5)29(32)45-23(37)7-6-17-11-36(35-34-17)12-22-25(39)26(40)24(38)16(3)44-22/h11,15-16,20-22,24-27,29,38-40H,6-10,12-14H2,1-5H3/t16?,20-,21-,22+,24-,25+,26+,27-,29-,30-,31+,32+,33+/m0/s1. The average Bonchev–Trinajstić information content (AvgIpc) is 3.87. The summed E-state index contributed by atoms with van der Waals surface area (Å²) in [5.41, 5.74) is 0.450. The Morgan fingerprint density at radius 1 is 1.20 bits per heavy atom. The van der Waals surface area contributed by atoms with Crippen molar-refractivity contribution in [2.75, 3.05) is 13.2 Å². The number of hydrogen-bond acceptors (Lipinski definition) is 12. The molecule has 7 aliphatic rings. The lowest BCUT2D eigenvalue weighted by molar-refractivity contribution is -0.265. The maximum absolute atomic E-state index is 13.6. The predicted octanol–water partition coefficient (Wildman–Crippen LogP) is 0.865. The van der Waals surface area contributed by atoms with Crippen LogP contribution in [0.1, 0.15) is 66.0 Å². The number of aromatic nitrogens is 3. The van der Waals surface area contributed by atoms with Gasteiger partial charge in [-0.1, -0.05) is 26.0 Å². The van der Waals surface area contributed by atoms with Gasteiger partial charge in [-0.25, -0.2) is 9.48 Å². The molecule has 1 aromatic rings. The SMILES string of the molecule is CC1O[C@H](Cn2cc(CCC(=O)O[C@@H]3[C@@]4(C(C)C)C[C@H]4[C@@H]4O[C@@]45[C@@]4(C)CCC6=C(COC6=O)[C@@H]4CO[C@]35C)nn2)[C@@H](O)[C@H](O)[C@H]1O. The Labute approximate surface area is 267 Å². The number of hydrogen-bond donors (Lipinski definition) is 3. The van der Waals surface area contributed by atoms with E-state index in [-0.39, 0.29) is 59.6 Å². The van der Waals surface area contributed by atoms with Crippen molar-refractivity contribution < 1.29 is 48.6 Å². The number of carbonyl (C=O) groups excluding carboxylic acids is 2. The van der Waals surface area contributed by atoms with Crippen LogP contribution in [0, 0.1) is 28.6 Å². The van der Waals surface area contributed by atoms with Crippen LogP contribution in [0.15, 0.2) is 17.3 Å². The van der Waals surface area contributed by atoms with Crippen molar-refractivity contribution in [2.24, 2.45) is 28.6 Å². The smallest absolute Gasteiger partial charge is 0.334 e. The summed E-state index contributed by atoms with van der Waals surface area (Å²) in [4.78, 5) is 26.0. The number of nitrogens with zero attached hydrogens (tertiary/aromatic N) is 3. The zero-order valence-corrected chi connectivity index (χ0v) is 27.0. The molecule has 0 aromatic carbocycles. The Hall–Kier alpha value is -2.42. The van der Waals surface area contributed by atoms with Crippen molar-refractivity contribution in [1.82, 2.24) is 15.0 Å².